The summed E-state index contributed by atoms with van der Waals surface area (Å²) in [4.78, 5) is 33.1. The van der Waals surface area contributed by atoms with E-state index < -0.39 is 0 Å². The van der Waals surface area contributed by atoms with Crippen LogP contribution >= 0.6 is 11.8 Å². The number of aromatic nitrogens is 4. The van der Waals surface area contributed by atoms with Crippen molar-refractivity contribution < 1.29 is 4.74 Å². The zero-order valence-electron chi connectivity index (χ0n) is 17.1. The van der Waals surface area contributed by atoms with Gasteiger partial charge in [-0.25, -0.2) is 9.78 Å². The van der Waals surface area contributed by atoms with E-state index in [0.717, 1.165) is 42.7 Å². The number of thioether (sulfide) groups is 1. The second-order valence-corrected chi connectivity index (χ2v) is 8.83. The molecule has 0 amide bonds. The van der Waals surface area contributed by atoms with Gasteiger partial charge in [0.15, 0.2) is 5.16 Å². The molecular formula is C23H24N4O3S. The Morgan fingerprint density at radius 3 is 2.81 bits per heavy atom. The Morgan fingerprint density at radius 2 is 1.94 bits per heavy atom. The molecular weight excluding hydrogens is 412 g/mol. The molecule has 0 aliphatic carbocycles. The molecule has 0 unspecified atom stereocenters. The lowest BCUT2D eigenvalue weighted by atomic mass is 10.2. The number of fused-ring (bicyclic) bond motifs is 2. The minimum absolute atomic E-state index is 0.0172. The van der Waals surface area contributed by atoms with Crippen molar-refractivity contribution in [2.75, 3.05) is 12.4 Å². The van der Waals surface area contributed by atoms with Crippen LogP contribution < -0.4 is 11.2 Å². The summed E-state index contributed by atoms with van der Waals surface area (Å²) in [7, 11) is 0. The molecule has 0 spiro atoms. The van der Waals surface area contributed by atoms with E-state index in [1.807, 2.05) is 48.5 Å². The molecule has 160 valence electrons. The van der Waals surface area contributed by atoms with Gasteiger partial charge in [0.1, 0.15) is 0 Å². The number of para-hydroxylation sites is 3. The van der Waals surface area contributed by atoms with Crippen molar-refractivity contribution in [3.63, 3.8) is 0 Å². The lowest BCUT2D eigenvalue weighted by molar-refractivity contribution is 0.0937. The van der Waals surface area contributed by atoms with E-state index >= 15 is 0 Å². The van der Waals surface area contributed by atoms with Crippen LogP contribution in [0, 0.1) is 0 Å². The maximum atomic E-state index is 13.2. The van der Waals surface area contributed by atoms with Crippen LogP contribution in [0.3, 0.4) is 0 Å². The van der Waals surface area contributed by atoms with Gasteiger partial charge in [0.25, 0.3) is 5.56 Å². The Kier molecular flexibility index (Phi) is 5.65. The zero-order valence-corrected chi connectivity index (χ0v) is 17.9. The van der Waals surface area contributed by atoms with Gasteiger partial charge in [-0.2, -0.15) is 0 Å². The van der Waals surface area contributed by atoms with Crippen molar-refractivity contribution in [1.29, 1.82) is 0 Å². The smallest absolute Gasteiger partial charge is 0.326 e. The van der Waals surface area contributed by atoms with Gasteiger partial charge < -0.3 is 9.72 Å². The van der Waals surface area contributed by atoms with Crippen molar-refractivity contribution in [3.05, 3.63) is 69.4 Å². The summed E-state index contributed by atoms with van der Waals surface area (Å²) >= 11 is 1.56. The van der Waals surface area contributed by atoms with Crippen molar-refractivity contribution in [3.8, 4) is 0 Å². The van der Waals surface area contributed by atoms with E-state index in [9.17, 15) is 9.59 Å². The molecule has 0 saturated carbocycles. The van der Waals surface area contributed by atoms with Crippen LogP contribution in [-0.2, 0) is 17.8 Å². The fraction of sp³-hybridized carbons (Fsp3) is 0.348. The molecule has 0 radical (unpaired) electrons. The molecule has 1 aliphatic rings. The van der Waals surface area contributed by atoms with E-state index in [1.165, 1.54) is 0 Å². The van der Waals surface area contributed by atoms with Crippen LogP contribution in [0.2, 0.25) is 0 Å². The number of aryl methyl sites for hydroxylation is 1. The Labute approximate surface area is 183 Å². The number of imidazole rings is 1. The van der Waals surface area contributed by atoms with Crippen molar-refractivity contribution in [1.82, 2.24) is 19.1 Å². The molecule has 2 aromatic heterocycles. The molecule has 1 saturated heterocycles. The van der Waals surface area contributed by atoms with Crippen LogP contribution in [0.1, 0.15) is 19.3 Å². The molecule has 8 heteroatoms. The first-order chi connectivity index (χ1) is 15.2. The monoisotopic (exact) mass is 436 g/mol. The van der Waals surface area contributed by atoms with Crippen molar-refractivity contribution >= 4 is 33.7 Å². The Balaban J connectivity index is 1.36. The number of hydrogen-bond donors (Lipinski definition) is 1. The molecule has 2 aromatic carbocycles. The van der Waals surface area contributed by atoms with Gasteiger partial charge in [-0.3, -0.25) is 13.9 Å². The van der Waals surface area contributed by atoms with Crippen LogP contribution in [-0.4, -0.2) is 37.6 Å². The fourth-order valence-electron chi connectivity index (χ4n) is 4.13. The topological polar surface area (TPSA) is 81.9 Å². The van der Waals surface area contributed by atoms with Crippen LogP contribution in [0.4, 0.5) is 0 Å². The number of hydrogen-bond acceptors (Lipinski definition) is 5. The summed E-state index contributed by atoms with van der Waals surface area (Å²) in [5.74, 6) is 0.752. The lowest BCUT2D eigenvalue weighted by Gasteiger charge is -2.16. The third-order valence-electron chi connectivity index (χ3n) is 5.68. The Hall–Kier alpha value is -2.84. The van der Waals surface area contributed by atoms with E-state index in [2.05, 4.69) is 4.98 Å². The highest BCUT2D eigenvalue weighted by Crippen LogP contribution is 2.22. The maximum absolute atomic E-state index is 13.2. The lowest BCUT2D eigenvalue weighted by Crippen LogP contribution is -2.28. The Bertz CT molecular complexity index is 1330. The number of aromatic amines is 1. The summed E-state index contributed by atoms with van der Waals surface area (Å²) in [6.07, 6.45) is 2.84. The van der Waals surface area contributed by atoms with Gasteiger partial charge >= 0.3 is 5.69 Å². The molecule has 3 heterocycles. The van der Waals surface area contributed by atoms with Gasteiger partial charge in [-0.1, -0.05) is 36.0 Å². The van der Waals surface area contributed by atoms with Gasteiger partial charge in [0.2, 0.25) is 0 Å². The maximum Gasteiger partial charge on any atom is 0.326 e. The predicted octanol–water partition coefficient (Wildman–Crippen LogP) is 3.40. The molecule has 4 aromatic rings. The van der Waals surface area contributed by atoms with E-state index in [1.54, 1.807) is 20.9 Å². The largest absolute Gasteiger partial charge is 0.376 e. The Morgan fingerprint density at radius 1 is 1.10 bits per heavy atom. The average molecular weight is 437 g/mol. The van der Waals surface area contributed by atoms with E-state index in [0.29, 0.717) is 29.1 Å². The summed E-state index contributed by atoms with van der Waals surface area (Å²) in [5, 5.41) is 1.35. The van der Waals surface area contributed by atoms with Crippen LogP contribution in [0.5, 0.6) is 0 Å². The first-order valence-electron chi connectivity index (χ1n) is 10.6. The highest BCUT2D eigenvalue weighted by atomic mass is 32.2. The first-order valence-corrected chi connectivity index (χ1v) is 11.6. The molecule has 0 bridgehead atoms. The SMILES string of the molecule is O=c1c2ccccc2nc(SCCCn2c(=O)[nH]c3ccccc32)n1C[C@@H]1CCCO1. The number of nitrogens with zero attached hydrogens (tertiary/aromatic N) is 3. The number of H-pyrrole nitrogens is 1. The normalized spacial score (nSPS) is 16.5. The predicted molar refractivity (Wildman–Crippen MR) is 123 cm³/mol. The highest BCUT2D eigenvalue weighted by Gasteiger charge is 2.20. The van der Waals surface area contributed by atoms with Gasteiger partial charge in [0, 0.05) is 18.9 Å². The molecule has 1 fully saturated rings. The summed E-state index contributed by atoms with van der Waals surface area (Å²) < 4.78 is 9.30. The third kappa shape index (κ3) is 4.05. The van der Waals surface area contributed by atoms with Gasteiger partial charge in [-0.15, -0.1) is 0 Å². The van der Waals surface area contributed by atoms with Crippen LogP contribution in [0.25, 0.3) is 21.9 Å². The summed E-state index contributed by atoms with van der Waals surface area (Å²) in [6, 6.07) is 15.2. The highest BCUT2D eigenvalue weighted by molar-refractivity contribution is 7.99. The fourth-order valence-corrected chi connectivity index (χ4v) is 5.06. The average Bonchev–Trinajstić information content (AvgIpc) is 3.41. The minimum atomic E-state index is -0.0923. The molecule has 1 aliphatic heterocycles. The third-order valence-corrected chi connectivity index (χ3v) is 6.74. The van der Waals surface area contributed by atoms with Crippen LogP contribution in [0.15, 0.2) is 63.3 Å². The van der Waals surface area contributed by atoms with Gasteiger partial charge in [-0.05, 0) is 43.5 Å². The standard InChI is InChI=1S/C23H24N4O3S/c28-21-17-8-1-2-9-18(17)25-23(27(21)15-16-7-5-13-30-16)31-14-6-12-26-20-11-4-3-10-19(20)24-22(26)29/h1-4,8-11,16H,5-7,12-15H2,(H,24,29)/t16-/m0/s1. The number of nitrogens with one attached hydrogen (secondary N) is 1. The second-order valence-electron chi connectivity index (χ2n) is 7.76. The molecule has 31 heavy (non-hydrogen) atoms. The number of ether oxygens (including phenoxy) is 1. The summed E-state index contributed by atoms with van der Waals surface area (Å²) in [6.45, 7) is 1.89. The molecule has 7 nitrogen and oxygen atoms in total. The number of rotatable bonds is 7. The molecule has 1 atom stereocenters. The zero-order chi connectivity index (χ0) is 21.2. The summed E-state index contributed by atoms with van der Waals surface area (Å²) in [5.41, 5.74) is 2.37. The first kappa shape index (κ1) is 20.1. The van der Waals surface area contributed by atoms with Crippen molar-refractivity contribution in [2.45, 2.75) is 43.6 Å². The van der Waals surface area contributed by atoms with E-state index in [-0.39, 0.29) is 17.4 Å². The second kappa shape index (κ2) is 8.72. The van der Waals surface area contributed by atoms with Crippen molar-refractivity contribution in [2.24, 2.45) is 0 Å². The number of benzene rings is 2. The molecule has 1 N–H and O–H groups in total. The van der Waals surface area contributed by atoms with E-state index in [4.69, 9.17) is 9.72 Å². The van der Waals surface area contributed by atoms with Gasteiger partial charge in [0.05, 0.1) is 34.6 Å². The minimum Gasteiger partial charge on any atom is -0.376 e. The molecule has 5 rings (SSSR count). The quantitative estimate of drug-likeness (QED) is 0.273.